The zero-order valence-electron chi connectivity index (χ0n) is 17.5. The van der Waals surface area contributed by atoms with E-state index in [1.165, 1.54) is 0 Å². The minimum atomic E-state index is -0.339. The van der Waals surface area contributed by atoms with Gasteiger partial charge in [0.1, 0.15) is 0 Å². The fourth-order valence-electron chi connectivity index (χ4n) is 3.78. The second-order valence-corrected chi connectivity index (χ2v) is 8.35. The molecule has 1 fully saturated rings. The molecule has 148 valence electrons. The molecule has 1 atom stereocenters. The van der Waals surface area contributed by atoms with Crippen molar-refractivity contribution in [2.24, 2.45) is 5.92 Å². The van der Waals surface area contributed by atoms with Gasteiger partial charge in [0.05, 0.1) is 5.92 Å². The lowest BCUT2D eigenvalue weighted by Crippen LogP contribution is -2.28. The Morgan fingerprint density at radius 1 is 1.00 bits per heavy atom. The Kier molecular flexibility index (Phi) is 5.87. The first kappa shape index (κ1) is 20.1. The summed E-state index contributed by atoms with van der Waals surface area (Å²) in [5, 5.41) is 3.17. The molecule has 0 saturated carbocycles. The number of aryl methyl sites for hydroxylation is 1. The third-order valence-corrected chi connectivity index (χ3v) is 5.46. The Morgan fingerprint density at radius 3 is 2.11 bits per heavy atom. The van der Waals surface area contributed by atoms with Crippen LogP contribution in [0.25, 0.3) is 0 Å². The van der Waals surface area contributed by atoms with E-state index in [4.69, 9.17) is 0 Å². The van der Waals surface area contributed by atoms with Gasteiger partial charge in [0.25, 0.3) is 0 Å². The first-order chi connectivity index (χ1) is 13.3. The minimum Gasteiger partial charge on any atom is -0.325 e. The van der Waals surface area contributed by atoms with E-state index < -0.39 is 0 Å². The maximum absolute atomic E-state index is 13.1. The summed E-state index contributed by atoms with van der Waals surface area (Å²) in [6.45, 7) is 11.0. The lowest BCUT2D eigenvalue weighted by atomic mass is 9.92. The van der Waals surface area contributed by atoms with Crippen molar-refractivity contribution < 1.29 is 9.59 Å². The fourth-order valence-corrected chi connectivity index (χ4v) is 3.78. The van der Waals surface area contributed by atoms with Crippen LogP contribution < -0.4 is 10.2 Å². The zero-order chi connectivity index (χ0) is 20.4. The molecule has 28 heavy (non-hydrogen) atoms. The molecule has 0 aromatic heterocycles. The number of hydrogen-bond acceptors (Lipinski definition) is 2. The Hall–Kier alpha value is -2.62. The lowest BCUT2D eigenvalue weighted by Gasteiger charge is -2.22. The highest BCUT2D eigenvalue weighted by Gasteiger charge is 2.35. The number of para-hydroxylation sites is 1. The van der Waals surface area contributed by atoms with Crippen molar-refractivity contribution in [1.29, 1.82) is 0 Å². The van der Waals surface area contributed by atoms with Gasteiger partial charge < -0.3 is 10.2 Å². The van der Waals surface area contributed by atoms with Crippen molar-refractivity contribution in [3.05, 3.63) is 59.2 Å². The van der Waals surface area contributed by atoms with Crippen LogP contribution in [0.5, 0.6) is 0 Å². The molecule has 0 bridgehead atoms. The van der Waals surface area contributed by atoms with E-state index in [2.05, 4.69) is 51.2 Å². The number of benzene rings is 2. The van der Waals surface area contributed by atoms with E-state index in [0.717, 1.165) is 28.1 Å². The van der Waals surface area contributed by atoms with E-state index >= 15 is 0 Å². The third-order valence-electron chi connectivity index (χ3n) is 5.46. The van der Waals surface area contributed by atoms with Crippen LogP contribution >= 0.6 is 0 Å². The summed E-state index contributed by atoms with van der Waals surface area (Å²) in [4.78, 5) is 27.3. The molecule has 4 heteroatoms. The van der Waals surface area contributed by atoms with Crippen LogP contribution in [0.2, 0.25) is 0 Å². The molecule has 0 radical (unpaired) electrons. The summed E-state index contributed by atoms with van der Waals surface area (Å²) in [6, 6.07) is 14.1. The Bertz CT molecular complexity index is 842. The van der Waals surface area contributed by atoms with Crippen molar-refractivity contribution >= 4 is 23.2 Å². The molecular weight excluding hydrogens is 348 g/mol. The normalized spacial score (nSPS) is 16.9. The number of nitrogens with one attached hydrogen (secondary N) is 1. The van der Waals surface area contributed by atoms with E-state index in [1.807, 2.05) is 31.2 Å². The van der Waals surface area contributed by atoms with Crippen molar-refractivity contribution in [3.8, 4) is 0 Å². The first-order valence-corrected chi connectivity index (χ1v) is 10.1. The molecule has 0 spiro atoms. The molecule has 1 N–H and O–H groups in total. The number of rotatable bonds is 5. The number of carbonyl (C=O) groups excluding carboxylic acids is 2. The molecule has 1 saturated heterocycles. The van der Waals surface area contributed by atoms with Gasteiger partial charge in [-0.25, -0.2) is 0 Å². The maximum atomic E-state index is 13.1. The average Bonchev–Trinajstić information content (AvgIpc) is 3.04. The van der Waals surface area contributed by atoms with Gasteiger partial charge >= 0.3 is 0 Å². The van der Waals surface area contributed by atoms with Crippen LogP contribution in [-0.4, -0.2) is 18.4 Å². The van der Waals surface area contributed by atoms with Crippen LogP contribution in [-0.2, 0) is 9.59 Å². The largest absolute Gasteiger partial charge is 0.325 e. The number of hydrogen-bond donors (Lipinski definition) is 1. The monoisotopic (exact) mass is 378 g/mol. The van der Waals surface area contributed by atoms with Gasteiger partial charge in [-0.1, -0.05) is 63.6 Å². The average molecular weight is 379 g/mol. The molecule has 1 aliphatic heterocycles. The maximum Gasteiger partial charge on any atom is 0.229 e. The van der Waals surface area contributed by atoms with Gasteiger partial charge in [-0.3, -0.25) is 9.59 Å². The van der Waals surface area contributed by atoms with E-state index in [9.17, 15) is 9.59 Å². The van der Waals surface area contributed by atoms with Crippen molar-refractivity contribution in [3.63, 3.8) is 0 Å². The smallest absolute Gasteiger partial charge is 0.229 e. The number of amides is 2. The molecule has 1 aliphatic rings. The number of anilines is 2. The predicted molar refractivity (Wildman–Crippen MR) is 115 cm³/mol. The lowest BCUT2D eigenvalue weighted by molar-refractivity contribution is -0.122. The molecule has 3 rings (SSSR count). The SMILES string of the molecule is Cc1ccc(N2CC(C(=O)Nc3c(C(C)C)cccc3C(C)C)CC2=O)cc1. The minimum absolute atomic E-state index is 0.00484. The molecule has 1 heterocycles. The Morgan fingerprint density at radius 2 is 1.57 bits per heavy atom. The van der Waals surface area contributed by atoms with E-state index in [-0.39, 0.29) is 24.2 Å². The van der Waals surface area contributed by atoms with Crippen LogP contribution in [0.15, 0.2) is 42.5 Å². The van der Waals surface area contributed by atoms with Crippen LogP contribution in [0.3, 0.4) is 0 Å². The van der Waals surface area contributed by atoms with Crippen LogP contribution in [0.1, 0.15) is 62.6 Å². The van der Waals surface area contributed by atoms with Crippen LogP contribution in [0, 0.1) is 12.8 Å². The quantitative estimate of drug-likeness (QED) is 0.774. The number of nitrogens with zero attached hydrogens (tertiary/aromatic N) is 1. The van der Waals surface area contributed by atoms with Gasteiger partial charge in [0, 0.05) is 24.3 Å². The van der Waals surface area contributed by atoms with E-state index in [1.54, 1.807) is 4.90 Å². The molecule has 4 nitrogen and oxygen atoms in total. The topological polar surface area (TPSA) is 49.4 Å². The van der Waals surface area contributed by atoms with Crippen molar-refractivity contribution in [2.75, 3.05) is 16.8 Å². The summed E-state index contributed by atoms with van der Waals surface area (Å²) < 4.78 is 0. The van der Waals surface area contributed by atoms with E-state index in [0.29, 0.717) is 18.4 Å². The molecule has 2 amide bonds. The molecule has 2 aromatic rings. The van der Waals surface area contributed by atoms with Crippen molar-refractivity contribution in [1.82, 2.24) is 0 Å². The van der Waals surface area contributed by atoms with Gasteiger partial charge in [-0.2, -0.15) is 0 Å². The second-order valence-electron chi connectivity index (χ2n) is 8.35. The summed E-state index contributed by atoms with van der Waals surface area (Å²) in [6.07, 6.45) is 0.251. The first-order valence-electron chi connectivity index (χ1n) is 10.1. The molecule has 2 aromatic carbocycles. The molecule has 1 unspecified atom stereocenters. The van der Waals surface area contributed by atoms with Gasteiger partial charge in [0.15, 0.2) is 0 Å². The molecule has 0 aliphatic carbocycles. The Labute approximate surface area is 167 Å². The van der Waals surface area contributed by atoms with Crippen molar-refractivity contribution in [2.45, 2.75) is 52.9 Å². The number of carbonyl (C=O) groups is 2. The summed E-state index contributed by atoms with van der Waals surface area (Å²) >= 11 is 0. The van der Waals surface area contributed by atoms with Gasteiger partial charge in [-0.15, -0.1) is 0 Å². The van der Waals surface area contributed by atoms with Gasteiger partial charge in [0.2, 0.25) is 11.8 Å². The standard InChI is InChI=1S/C24H30N2O2/c1-15(2)20-7-6-8-21(16(3)4)23(20)25-24(28)18-13-22(27)26(14-18)19-11-9-17(5)10-12-19/h6-12,15-16,18H,13-14H2,1-5H3,(H,25,28). The highest BCUT2D eigenvalue weighted by atomic mass is 16.2. The summed E-state index contributed by atoms with van der Waals surface area (Å²) in [5.74, 6) is 0.212. The third kappa shape index (κ3) is 4.11. The summed E-state index contributed by atoms with van der Waals surface area (Å²) in [5.41, 5.74) is 5.20. The highest BCUT2D eigenvalue weighted by molar-refractivity contribution is 6.04. The highest BCUT2D eigenvalue weighted by Crippen LogP contribution is 2.34. The van der Waals surface area contributed by atoms with Crippen LogP contribution in [0.4, 0.5) is 11.4 Å². The predicted octanol–water partition coefficient (Wildman–Crippen LogP) is 5.23. The molecular formula is C24H30N2O2. The Balaban J connectivity index is 1.81. The van der Waals surface area contributed by atoms with Gasteiger partial charge in [-0.05, 0) is 42.0 Å². The summed E-state index contributed by atoms with van der Waals surface area (Å²) in [7, 11) is 0. The second kappa shape index (κ2) is 8.17. The zero-order valence-corrected chi connectivity index (χ0v) is 17.5. The fraction of sp³-hybridized carbons (Fsp3) is 0.417.